The molecule has 2 aliphatic rings. The summed E-state index contributed by atoms with van der Waals surface area (Å²) < 4.78 is 0. The van der Waals surface area contributed by atoms with Crippen molar-refractivity contribution in [3.05, 3.63) is 70.8 Å². The molecular formula is C23H25N3O2. The fraction of sp³-hybridized carbons (Fsp3) is 0.391. The third kappa shape index (κ3) is 3.09. The number of amides is 3. The van der Waals surface area contributed by atoms with Crippen LogP contribution >= 0.6 is 0 Å². The predicted molar refractivity (Wildman–Crippen MR) is 107 cm³/mol. The number of benzene rings is 1. The van der Waals surface area contributed by atoms with Gasteiger partial charge in [-0.1, -0.05) is 36.4 Å². The molecule has 5 heteroatoms. The smallest absolute Gasteiger partial charge is 0.315 e. The summed E-state index contributed by atoms with van der Waals surface area (Å²) in [5.41, 5.74) is 10.5. The third-order valence-corrected chi connectivity index (χ3v) is 5.99. The van der Waals surface area contributed by atoms with Crippen molar-refractivity contribution in [3.63, 3.8) is 0 Å². The van der Waals surface area contributed by atoms with E-state index >= 15 is 0 Å². The molecule has 1 heterocycles. The number of aryl methyl sites for hydroxylation is 2. The summed E-state index contributed by atoms with van der Waals surface area (Å²) in [6.07, 6.45) is 1.86. The molecule has 0 bridgehead atoms. The van der Waals surface area contributed by atoms with Crippen molar-refractivity contribution >= 4 is 11.9 Å². The van der Waals surface area contributed by atoms with E-state index in [2.05, 4.69) is 36.4 Å². The molecule has 28 heavy (non-hydrogen) atoms. The van der Waals surface area contributed by atoms with Gasteiger partial charge in [-0.3, -0.25) is 4.79 Å². The van der Waals surface area contributed by atoms with Gasteiger partial charge in [0.15, 0.2) is 0 Å². The Bertz CT molecular complexity index is 861. The number of piperazine rings is 1. The fourth-order valence-corrected chi connectivity index (χ4v) is 4.60. The predicted octanol–water partition coefficient (Wildman–Crippen LogP) is 2.52. The number of nitrogens with two attached hydrogens (primary N) is 1. The Balaban J connectivity index is 1.87. The first-order chi connectivity index (χ1) is 13.5. The maximum absolute atomic E-state index is 12.6. The zero-order valence-corrected chi connectivity index (χ0v) is 16.3. The number of primary amides is 1. The molecule has 0 aromatic heterocycles. The largest absolute Gasteiger partial charge is 0.351 e. The van der Waals surface area contributed by atoms with E-state index < -0.39 is 6.03 Å². The van der Waals surface area contributed by atoms with Crippen LogP contribution < -0.4 is 5.73 Å². The second-order valence-electron chi connectivity index (χ2n) is 7.89. The average Bonchev–Trinajstić information content (AvgIpc) is 2.84. The number of carbonyl (C=O) groups excluding carboxylic acids is 2. The first-order valence-corrected chi connectivity index (χ1v) is 9.82. The van der Waals surface area contributed by atoms with Crippen LogP contribution in [0, 0.1) is 12.1 Å². The van der Waals surface area contributed by atoms with Crippen LogP contribution in [0.25, 0.3) is 0 Å². The zero-order valence-electron chi connectivity index (χ0n) is 16.3. The Morgan fingerprint density at radius 1 is 1.18 bits per heavy atom. The lowest BCUT2D eigenvalue weighted by molar-refractivity contribution is -0.139. The molecule has 0 saturated carbocycles. The molecule has 2 N–H and O–H groups in total. The van der Waals surface area contributed by atoms with Crippen LogP contribution in [-0.2, 0) is 17.6 Å². The highest BCUT2D eigenvalue weighted by Gasteiger charge is 2.42. The second-order valence-corrected chi connectivity index (χ2v) is 7.89. The van der Waals surface area contributed by atoms with E-state index in [-0.39, 0.29) is 30.5 Å². The van der Waals surface area contributed by atoms with Gasteiger partial charge in [0.25, 0.3) is 0 Å². The minimum Gasteiger partial charge on any atom is -0.351 e. The molecule has 3 amide bonds. The summed E-state index contributed by atoms with van der Waals surface area (Å²) in [5, 5.41) is 0. The molecule has 1 fully saturated rings. The van der Waals surface area contributed by atoms with Gasteiger partial charge in [0, 0.05) is 24.1 Å². The number of hydrogen-bond donors (Lipinski definition) is 1. The molecule has 4 rings (SSSR count). The Morgan fingerprint density at radius 3 is 2.68 bits per heavy atom. The molecular weight excluding hydrogens is 350 g/mol. The summed E-state index contributed by atoms with van der Waals surface area (Å²) in [6, 6.07) is 18.1. The van der Waals surface area contributed by atoms with E-state index in [1.54, 1.807) is 4.90 Å². The molecule has 0 spiro atoms. The maximum Gasteiger partial charge on any atom is 0.315 e. The minimum absolute atomic E-state index is 0.0166. The van der Waals surface area contributed by atoms with Gasteiger partial charge in [-0.25, -0.2) is 4.79 Å². The molecule has 1 unspecified atom stereocenters. The quantitative estimate of drug-likeness (QED) is 0.876. The van der Waals surface area contributed by atoms with E-state index in [0.717, 1.165) is 18.4 Å². The van der Waals surface area contributed by atoms with Crippen molar-refractivity contribution in [1.82, 2.24) is 9.80 Å². The van der Waals surface area contributed by atoms with E-state index in [9.17, 15) is 9.59 Å². The van der Waals surface area contributed by atoms with Crippen molar-refractivity contribution < 1.29 is 9.59 Å². The highest BCUT2D eigenvalue weighted by atomic mass is 16.2. The minimum atomic E-state index is -0.551. The zero-order chi connectivity index (χ0) is 19.8. The van der Waals surface area contributed by atoms with Crippen LogP contribution in [-0.4, -0.2) is 46.9 Å². The second kappa shape index (κ2) is 7.20. The number of fused-ring (bicyclic) bond motifs is 2. The van der Waals surface area contributed by atoms with Crippen LogP contribution in [0.3, 0.4) is 0 Å². The van der Waals surface area contributed by atoms with Crippen molar-refractivity contribution in [2.75, 3.05) is 13.1 Å². The van der Waals surface area contributed by atoms with E-state index in [1.165, 1.54) is 16.7 Å². The van der Waals surface area contributed by atoms with Gasteiger partial charge in [0.1, 0.15) is 6.54 Å². The van der Waals surface area contributed by atoms with E-state index in [0.29, 0.717) is 6.54 Å². The van der Waals surface area contributed by atoms with Gasteiger partial charge in [-0.15, -0.1) is 0 Å². The molecule has 144 valence electrons. The first kappa shape index (κ1) is 18.4. The SMILES string of the molecule is CC(C)N1C[C@H](C2c3c#cccc3CCc3ccccc32)N(C(N)=O)CC1=O. The maximum atomic E-state index is 12.6. The van der Waals surface area contributed by atoms with Gasteiger partial charge >= 0.3 is 6.03 Å². The summed E-state index contributed by atoms with van der Waals surface area (Å²) in [4.78, 5) is 28.3. The lowest BCUT2D eigenvalue weighted by Crippen LogP contribution is -2.62. The fourth-order valence-electron chi connectivity index (χ4n) is 4.60. The van der Waals surface area contributed by atoms with Crippen LogP contribution in [0.15, 0.2) is 36.4 Å². The van der Waals surface area contributed by atoms with Gasteiger partial charge in [0.2, 0.25) is 5.91 Å². The number of carbonyl (C=O) groups is 2. The van der Waals surface area contributed by atoms with Gasteiger partial charge < -0.3 is 15.5 Å². The van der Waals surface area contributed by atoms with Gasteiger partial charge in [-0.2, -0.15) is 0 Å². The summed E-state index contributed by atoms with van der Waals surface area (Å²) in [5.74, 6) is -0.149. The van der Waals surface area contributed by atoms with E-state index in [1.807, 2.05) is 30.9 Å². The van der Waals surface area contributed by atoms with Gasteiger partial charge in [-0.05, 0) is 55.5 Å². The lowest BCUT2D eigenvalue weighted by Gasteiger charge is -2.45. The van der Waals surface area contributed by atoms with Crippen molar-refractivity contribution in [1.29, 1.82) is 0 Å². The normalized spacial score (nSPS) is 19.7. The molecule has 1 aliphatic carbocycles. The molecule has 2 aromatic carbocycles. The number of urea groups is 1. The Kier molecular flexibility index (Phi) is 4.72. The highest BCUT2D eigenvalue weighted by Crippen LogP contribution is 2.38. The molecule has 1 saturated heterocycles. The molecule has 5 nitrogen and oxygen atoms in total. The number of hydrogen-bond acceptors (Lipinski definition) is 2. The topological polar surface area (TPSA) is 66.6 Å². The Hall–Kier alpha value is -3.00. The molecule has 2 atom stereocenters. The molecule has 2 aromatic rings. The Labute approximate surface area is 166 Å². The Morgan fingerprint density at radius 2 is 1.93 bits per heavy atom. The summed E-state index contributed by atoms with van der Waals surface area (Å²) >= 11 is 0. The van der Waals surface area contributed by atoms with Crippen LogP contribution in [0.4, 0.5) is 4.79 Å². The summed E-state index contributed by atoms with van der Waals surface area (Å²) in [6.45, 7) is 4.48. The molecule has 1 aliphatic heterocycles. The average molecular weight is 375 g/mol. The van der Waals surface area contributed by atoms with Crippen LogP contribution in [0.2, 0.25) is 0 Å². The summed E-state index contributed by atoms with van der Waals surface area (Å²) in [7, 11) is 0. The standard InChI is InChI=1S/C23H25N3O2/c1-15(2)25-13-20(26(23(24)28)14-21(25)27)22-18-9-5-3-7-16(18)11-12-17-8-4-6-10-19(17)22/h3-5,7-9,15,20,22H,11-14H2,1-2H3,(H2,24,28)/t20-,22?/m1/s1. The van der Waals surface area contributed by atoms with Crippen molar-refractivity contribution in [2.24, 2.45) is 5.73 Å². The molecule has 0 radical (unpaired) electrons. The monoisotopic (exact) mass is 375 g/mol. The van der Waals surface area contributed by atoms with Crippen molar-refractivity contribution in [3.8, 4) is 0 Å². The van der Waals surface area contributed by atoms with Crippen LogP contribution in [0.5, 0.6) is 0 Å². The number of rotatable bonds is 2. The lowest BCUT2D eigenvalue weighted by atomic mass is 9.81. The van der Waals surface area contributed by atoms with Crippen LogP contribution in [0.1, 0.15) is 42.0 Å². The van der Waals surface area contributed by atoms with Gasteiger partial charge in [0.05, 0.1) is 6.04 Å². The van der Waals surface area contributed by atoms with Crippen molar-refractivity contribution in [2.45, 2.75) is 44.7 Å². The van der Waals surface area contributed by atoms with E-state index in [4.69, 9.17) is 5.73 Å². The third-order valence-electron chi connectivity index (χ3n) is 5.99. The number of nitrogens with zero attached hydrogens (tertiary/aromatic N) is 2. The highest BCUT2D eigenvalue weighted by molar-refractivity contribution is 5.85. The first-order valence-electron chi connectivity index (χ1n) is 9.82.